The van der Waals surface area contributed by atoms with E-state index in [4.69, 9.17) is 9.47 Å². The quantitative estimate of drug-likeness (QED) is 0.463. The van der Waals surface area contributed by atoms with Gasteiger partial charge in [-0.2, -0.15) is 0 Å². The number of hydrogen-bond donors (Lipinski definition) is 4. The van der Waals surface area contributed by atoms with Crippen molar-refractivity contribution in [1.29, 1.82) is 0 Å². The maximum absolute atomic E-state index is 9.85. The fourth-order valence-corrected chi connectivity index (χ4v) is 4.72. The predicted molar refractivity (Wildman–Crippen MR) is 111 cm³/mol. The minimum Gasteiger partial charge on any atom is -0.494 e. The molecule has 29 heavy (non-hydrogen) atoms. The van der Waals surface area contributed by atoms with Gasteiger partial charge in [-0.1, -0.05) is 24.3 Å². The monoisotopic (exact) mass is 420 g/mol. The first kappa shape index (κ1) is 22.1. The normalized spacial score (nSPS) is 19.1. The topological polar surface area (TPSA) is 99.4 Å². The maximum atomic E-state index is 9.85. The van der Waals surface area contributed by atoms with Gasteiger partial charge in [0.2, 0.25) is 0 Å². The number of aliphatic hydroxyl groups is 4. The van der Waals surface area contributed by atoms with E-state index in [1.807, 2.05) is 31.2 Å². The van der Waals surface area contributed by atoms with Gasteiger partial charge in [-0.15, -0.1) is 11.8 Å². The average Bonchev–Trinajstić information content (AvgIpc) is 3.12. The van der Waals surface area contributed by atoms with Crippen molar-refractivity contribution in [1.82, 2.24) is 0 Å². The first-order valence-corrected chi connectivity index (χ1v) is 10.7. The Hall–Kier alpha value is -1.61. The summed E-state index contributed by atoms with van der Waals surface area (Å²) in [5, 5.41) is 38.9. The van der Waals surface area contributed by atoms with E-state index in [9.17, 15) is 20.4 Å². The summed E-state index contributed by atoms with van der Waals surface area (Å²) in [5.41, 5.74) is 2.86. The Kier molecular flexibility index (Phi) is 7.56. The van der Waals surface area contributed by atoms with E-state index in [0.717, 1.165) is 27.5 Å². The molecule has 1 aliphatic heterocycles. The molecule has 0 bridgehead atoms. The number of fused-ring (bicyclic) bond motifs is 1. The van der Waals surface area contributed by atoms with Gasteiger partial charge in [0.25, 0.3) is 0 Å². The summed E-state index contributed by atoms with van der Waals surface area (Å²) < 4.78 is 11.1. The van der Waals surface area contributed by atoms with Gasteiger partial charge in [0.1, 0.15) is 18.0 Å². The number of thioether (sulfide) groups is 1. The Balaban J connectivity index is 1.87. The Labute approximate surface area is 175 Å². The molecule has 0 spiro atoms. The van der Waals surface area contributed by atoms with Crippen molar-refractivity contribution < 1.29 is 29.9 Å². The number of aliphatic hydroxyl groups excluding tert-OH is 3. The smallest absolute Gasteiger partial charge is 0.182 e. The number of ether oxygens (including phenoxy) is 2. The van der Waals surface area contributed by atoms with Crippen molar-refractivity contribution in [3.8, 4) is 5.75 Å². The summed E-state index contributed by atoms with van der Waals surface area (Å²) >= 11 is 1.76. The van der Waals surface area contributed by atoms with E-state index in [0.29, 0.717) is 12.2 Å². The number of rotatable bonds is 9. The summed E-state index contributed by atoms with van der Waals surface area (Å²) in [5.74, 6) is 1.90. The molecular formula is C22H28O6S. The predicted octanol–water partition coefficient (Wildman–Crippen LogP) is 2.43. The van der Waals surface area contributed by atoms with E-state index in [2.05, 4.69) is 12.1 Å². The van der Waals surface area contributed by atoms with Crippen LogP contribution in [0.25, 0.3) is 0 Å². The van der Waals surface area contributed by atoms with Gasteiger partial charge in [-0.3, -0.25) is 0 Å². The van der Waals surface area contributed by atoms with Crippen LogP contribution in [0.4, 0.5) is 0 Å². The Morgan fingerprint density at radius 3 is 2.41 bits per heavy atom. The third-order valence-corrected chi connectivity index (χ3v) is 6.23. The molecule has 2 aromatic carbocycles. The standard InChI is InChI=1S/C22H28O6S/c1-3-27-16-7-4-14(5-8-16)18-12-29-20-9-6-15(10-17(18)20)21(22(25)26)28-19(11-23)13(2)24/h4-10,13,18-19,21-26H,3,11-12H2,1-2H3/t13?,18-,19?,21?/m0/s1. The second kappa shape index (κ2) is 9.93. The van der Waals surface area contributed by atoms with E-state index in [1.54, 1.807) is 17.8 Å². The van der Waals surface area contributed by atoms with Gasteiger partial charge in [0.05, 0.1) is 19.3 Å². The van der Waals surface area contributed by atoms with Crippen LogP contribution < -0.4 is 4.74 Å². The number of hydrogen-bond acceptors (Lipinski definition) is 7. The molecular weight excluding hydrogens is 392 g/mol. The molecule has 4 N–H and O–H groups in total. The van der Waals surface area contributed by atoms with E-state index < -0.39 is 31.2 Å². The third kappa shape index (κ3) is 5.12. The summed E-state index contributed by atoms with van der Waals surface area (Å²) in [4.78, 5) is 1.15. The fraction of sp³-hybridized carbons (Fsp3) is 0.455. The molecule has 4 atom stereocenters. The molecule has 0 fully saturated rings. The lowest BCUT2D eigenvalue weighted by molar-refractivity contribution is -0.188. The van der Waals surface area contributed by atoms with Gasteiger partial charge >= 0.3 is 0 Å². The number of benzene rings is 2. The van der Waals surface area contributed by atoms with Crippen LogP contribution in [0.1, 0.15) is 42.6 Å². The molecule has 1 aliphatic rings. The van der Waals surface area contributed by atoms with Gasteiger partial charge in [-0.25, -0.2) is 0 Å². The molecule has 158 valence electrons. The molecule has 3 unspecified atom stereocenters. The van der Waals surface area contributed by atoms with Crippen molar-refractivity contribution in [3.63, 3.8) is 0 Å². The summed E-state index contributed by atoms with van der Waals surface area (Å²) in [6, 6.07) is 13.7. The van der Waals surface area contributed by atoms with Crippen molar-refractivity contribution in [2.75, 3.05) is 19.0 Å². The molecule has 0 aromatic heterocycles. The first-order chi connectivity index (χ1) is 13.9. The van der Waals surface area contributed by atoms with Crippen molar-refractivity contribution >= 4 is 11.8 Å². The molecule has 2 aromatic rings. The zero-order valence-corrected chi connectivity index (χ0v) is 17.4. The lowest BCUT2D eigenvalue weighted by Crippen LogP contribution is -2.35. The molecule has 0 radical (unpaired) electrons. The third-order valence-electron chi connectivity index (χ3n) is 5.05. The fourth-order valence-electron chi connectivity index (χ4n) is 3.47. The van der Waals surface area contributed by atoms with Crippen LogP contribution in [0.5, 0.6) is 5.75 Å². The van der Waals surface area contributed by atoms with Crippen LogP contribution in [-0.2, 0) is 4.74 Å². The highest BCUT2D eigenvalue weighted by Gasteiger charge is 2.30. The first-order valence-electron chi connectivity index (χ1n) is 9.74. The Morgan fingerprint density at radius 2 is 1.83 bits per heavy atom. The average molecular weight is 421 g/mol. The van der Waals surface area contributed by atoms with Crippen LogP contribution in [-0.4, -0.2) is 57.9 Å². The maximum Gasteiger partial charge on any atom is 0.182 e. The van der Waals surface area contributed by atoms with Gasteiger partial charge in [-0.05, 0) is 48.7 Å². The molecule has 7 heteroatoms. The van der Waals surface area contributed by atoms with E-state index >= 15 is 0 Å². The van der Waals surface area contributed by atoms with Gasteiger partial charge in [0.15, 0.2) is 6.29 Å². The molecule has 0 saturated heterocycles. The highest BCUT2D eigenvalue weighted by atomic mass is 32.2. The van der Waals surface area contributed by atoms with Crippen molar-refractivity contribution in [2.24, 2.45) is 0 Å². The SMILES string of the molecule is CCOc1ccc([C@@H]2CSc3ccc(C(OC(CO)C(C)O)C(O)O)cc32)cc1. The van der Waals surface area contributed by atoms with Crippen LogP contribution in [0.15, 0.2) is 47.4 Å². The zero-order valence-electron chi connectivity index (χ0n) is 16.6. The van der Waals surface area contributed by atoms with Crippen LogP contribution >= 0.6 is 11.8 Å². The van der Waals surface area contributed by atoms with Crippen molar-refractivity contribution in [3.05, 3.63) is 59.2 Å². The molecule has 1 heterocycles. The van der Waals surface area contributed by atoms with Crippen LogP contribution in [0.2, 0.25) is 0 Å². The van der Waals surface area contributed by atoms with E-state index in [-0.39, 0.29) is 5.92 Å². The highest BCUT2D eigenvalue weighted by Crippen LogP contribution is 2.44. The van der Waals surface area contributed by atoms with E-state index in [1.165, 1.54) is 6.92 Å². The van der Waals surface area contributed by atoms with Crippen LogP contribution in [0.3, 0.4) is 0 Å². The second-order valence-electron chi connectivity index (χ2n) is 7.09. The second-order valence-corrected chi connectivity index (χ2v) is 8.16. The van der Waals surface area contributed by atoms with Gasteiger partial charge < -0.3 is 29.9 Å². The highest BCUT2D eigenvalue weighted by molar-refractivity contribution is 7.99. The molecule has 6 nitrogen and oxygen atoms in total. The minimum atomic E-state index is -1.78. The largest absolute Gasteiger partial charge is 0.494 e. The zero-order chi connectivity index (χ0) is 21.0. The molecule has 3 rings (SSSR count). The van der Waals surface area contributed by atoms with Crippen molar-refractivity contribution in [2.45, 2.75) is 49.3 Å². The van der Waals surface area contributed by atoms with Gasteiger partial charge in [0, 0.05) is 16.6 Å². The lowest BCUT2D eigenvalue weighted by atomic mass is 9.91. The lowest BCUT2D eigenvalue weighted by Gasteiger charge is -2.27. The summed E-state index contributed by atoms with van der Waals surface area (Å²) in [6.07, 6.45) is -4.70. The summed E-state index contributed by atoms with van der Waals surface area (Å²) in [6.45, 7) is 3.64. The molecule has 0 saturated carbocycles. The molecule has 0 amide bonds. The van der Waals surface area contributed by atoms with Crippen LogP contribution in [0, 0.1) is 0 Å². The summed E-state index contributed by atoms with van der Waals surface area (Å²) in [7, 11) is 0. The Bertz CT molecular complexity index is 792. The minimum absolute atomic E-state index is 0.174. The Morgan fingerprint density at radius 1 is 1.10 bits per heavy atom. The molecule has 0 aliphatic carbocycles.